The van der Waals surface area contributed by atoms with Crippen molar-refractivity contribution in [1.82, 2.24) is 5.32 Å². The van der Waals surface area contributed by atoms with Crippen molar-refractivity contribution in [3.63, 3.8) is 0 Å². The summed E-state index contributed by atoms with van der Waals surface area (Å²) in [5.41, 5.74) is 2.47. The highest BCUT2D eigenvalue weighted by atomic mass is 16.7. The van der Waals surface area contributed by atoms with Gasteiger partial charge in [0.25, 0.3) is 0 Å². The maximum Gasteiger partial charge on any atom is 0.494 e. The van der Waals surface area contributed by atoms with Crippen molar-refractivity contribution in [1.29, 1.82) is 0 Å². The Hall–Kier alpha value is -0.835. The molecule has 1 aromatic carbocycles. The molecule has 1 saturated carbocycles. The lowest BCUT2D eigenvalue weighted by Crippen LogP contribution is -2.41. The first-order valence-electron chi connectivity index (χ1n) is 8.01. The third kappa shape index (κ3) is 1.92. The Kier molecular flexibility index (Phi) is 2.71. The van der Waals surface area contributed by atoms with Gasteiger partial charge in [-0.2, -0.15) is 0 Å². The summed E-state index contributed by atoms with van der Waals surface area (Å²) >= 11 is 0. The van der Waals surface area contributed by atoms with E-state index in [1.54, 1.807) is 0 Å². The van der Waals surface area contributed by atoms with Crippen LogP contribution in [-0.2, 0) is 14.7 Å². The first kappa shape index (κ1) is 13.8. The molecule has 4 heteroatoms. The Balaban J connectivity index is 1.55. The van der Waals surface area contributed by atoms with E-state index in [1.165, 1.54) is 18.5 Å². The molecular weight excluding hydrogens is 261 g/mol. The molecule has 112 valence electrons. The maximum atomic E-state index is 6.12. The first-order valence-corrected chi connectivity index (χ1v) is 8.01. The molecule has 2 atom stereocenters. The first-order chi connectivity index (χ1) is 9.84. The Morgan fingerprint density at radius 3 is 2.14 bits per heavy atom. The standard InChI is InChI=1S/C17H24BNO2/c1-15(2)16(3,4)21-18(20-15)14-7-5-12(6-8-14)17-9-13(17)10-19-11-17/h5-8,13,19H,9-11H2,1-4H3/t13-,17+/m0/s1. The monoisotopic (exact) mass is 285 g/mol. The molecule has 0 aromatic heterocycles. The number of benzene rings is 1. The van der Waals surface area contributed by atoms with Crippen LogP contribution in [0.5, 0.6) is 0 Å². The van der Waals surface area contributed by atoms with Crippen LogP contribution in [0.15, 0.2) is 24.3 Å². The molecule has 2 aliphatic heterocycles. The largest absolute Gasteiger partial charge is 0.494 e. The summed E-state index contributed by atoms with van der Waals surface area (Å²) in [6.45, 7) is 10.7. The highest BCUT2D eigenvalue weighted by Gasteiger charge is 2.58. The molecule has 2 heterocycles. The van der Waals surface area contributed by atoms with Crippen LogP contribution >= 0.6 is 0 Å². The summed E-state index contributed by atoms with van der Waals surface area (Å²) in [7, 11) is -0.252. The second-order valence-corrected chi connectivity index (χ2v) is 7.90. The van der Waals surface area contributed by atoms with Crippen molar-refractivity contribution >= 4 is 12.6 Å². The molecule has 1 aliphatic carbocycles. The number of hydrogen-bond donors (Lipinski definition) is 1. The lowest BCUT2D eigenvalue weighted by atomic mass is 9.78. The fourth-order valence-electron chi connectivity index (χ4n) is 3.74. The van der Waals surface area contributed by atoms with E-state index in [4.69, 9.17) is 9.31 Å². The Morgan fingerprint density at radius 1 is 1.05 bits per heavy atom. The van der Waals surface area contributed by atoms with Gasteiger partial charge in [-0.25, -0.2) is 0 Å². The molecule has 0 amide bonds. The minimum atomic E-state index is -0.272. The quantitative estimate of drug-likeness (QED) is 0.841. The molecule has 2 saturated heterocycles. The predicted octanol–water partition coefficient (Wildman–Crippen LogP) is 1.85. The number of hydrogen-bond acceptors (Lipinski definition) is 3. The van der Waals surface area contributed by atoms with E-state index >= 15 is 0 Å². The van der Waals surface area contributed by atoms with Crippen molar-refractivity contribution in [3.05, 3.63) is 29.8 Å². The van der Waals surface area contributed by atoms with Gasteiger partial charge in [0.2, 0.25) is 0 Å². The van der Waals surface area contributed by atoms with Gasteiger partial charge in [0, 0.05) is 12.0 Å². The molecule has 21 heavy (non-hydrogen) atoms. The minimum absolute atomic E-state index is 0.252. The van der Waals surface area contributed by atoms with E-state index in [0.29, 0.717) is 5.41 Å². The minimum Gasteiger partial charge on any atom is -0.399 e. The van der Waals surface area contributed by atoms with Gasteiger partial charge in [-0.05, 0) is 57.6 Å². The summed E-state index contributed by atoms with van der Waals surface area (Å²) in [6, 6.07) is 8.90. The van der Waals surface area contributed by atoms with Crippen molar-refractivity contribution < 1.29 is 9.31 Å². The molecule has 0 bridgehead atoms. The average molecular weight is 285 g/mol. The second-order valence-electron chi connectivity index (χ2n) is 7.90. The van der Waals surface area contributed by atoms with E-state index in [-0.39, 0.29) is 18.3 Å². The summed E-state index contributed by atoms with van der Waals surface area (Å²) < 4.78 is 12.2. The molecule has 0 unspecified atom stereocenters. The van der Waals surface area contributed by atoms with Gasteiger partial charge >= 0.3 is 7.12 Å². The lowest BCUT2D eigenvalue weighted by molar-refractivity contribution is 0.00578. The normalized spacial score (nSPS) is 35.8. The maximum absolute atomic E-state index is 6.12. The van der Waals surface area contributed by atoms with Crippen LogP contribution in [0.3, 0.4) is 0 Å². The van der Waals surface area contributed by atoms with E-state index in [0.717, 1.165) is 17.9 Å². The van der Waals surface area contributed by atoms with Crippen LogP contribution in [0.2, 0.25) is 0 Å². The van der Waals surface area contributed by atoms with Gasteiger partial charge < -0.3 is 14.6 Å². The van der Waals surface area contributed by atoms with E-state index in [1.807, 2.05) is 0 Å². The zero-order valence-corrected chi connectivity index (χ0v) is 13.4. The third-order valence-corrected chi connectivity index (χ3v) is 6.07. The topological polar surface area (TPSA) is 30.5 Å². The van der Waals surface area contributed by atoms with Crippen LogP contribution < -0.4 is 10.8 Å². The fourth-order valence-corrected chi connectivity index (χ4v) is 3.74. The van der Waals surface area contributed by atoms with E-state index < -0.39 is 0 Å². The predicted molar refractivity (Wildman–Crippen MR) is 84.8 cm³/mol. The summed E-state index contributed by atoms with van der Waals surface area (Å²) in [5.74, 6) is 0.847. The van der Waals surface area contributed by atoms with Gasteiger partial charge in [-0.15, -0.1) is 0 Å². The van der Waals surface area contributed by atoms with Gasteiger partial charge in [0.05, 0.1) is 11.2 Å². The van der Waals surface area contributed by atoms with Gasteiger partial charge in [0.1, 0.15) is 0 Å². The zero-order chi connectivity index (χ0) is 14.9. The molecule has 3 aliphatic rings. The van der Waals surface area contributed by atoms with Crippen molar-refractivity contribution in [3.8, 4) is 0 Å². The Labute approximate surface area is 127 Å². The molecule has 1 N–H and O–H groups in total. The fraction of sp³-hybridized carbons (Fsp3) is 0.647. The van der Waals surface area contributed by atoms with Crippen LogP contribution in [0.4, 0.5) is 0 Å². The Morgan fingerprint density at radius 2 is 1.67 bits per heavy atom. The smallest absolute Gasteiger partial charge is 0.399 e. The van der Waals surface area contributed by atoms with Gasteiger partial charge in [0.15, 0.2) is 0 Å². The summed E-state index contributed by atoms with van der Waals surface area (Å²) in [5, 5.41) is 3.50. The van der Waals surface area contributed by atoms with Gasteiger partial charge in [-0.3, -0.25) is 0 Å². The highest BCUT2D eigenvalue weighted by molar-refractivity contribution is 6.62. The van der Waals surface area contributed by atoms with Crippen molar-refractivity contribution in [2.75, 3.05) is 13.1 Å². The average Bonchev–Trinajstić information content (AvgIpc) is 2.90. The summed E-state index contributed by atoms with van der Waals surface area (Å²) in [4.78, 5) is 0. The second kappa shape index (κ2) is 4.12. The number of piperidine rings is 1. The molecule has 3 nitrogen and oxygen atoms in total. The van der Waals surface area contributed by atoms with Crippen molar-refractivity contribution in [2.45, 2.75) is 50.7 Å². The van der Waals surface area contributed by atoms with E-state index in [9.17, 15) is 0 Å². The number of rotatable bonds is 2. The van der Waals surface area contributed by atoms with Crippen LogP contribution in [-0.4, -0.2) is 31.4 Å². The molecular formula is C17H24BNO2. The molecule has 1 aromatic rings. The number of fused-ring (bicyclic) bond motifs is 1. The van der Waals surface area contributed by atoms with Crippen LogP contribution in [0, 0.1) is 5.92 Å². The Bertz CT molecular complexity index is 553. The van der Waals surface area contributed by atoms with E-state index in [2.05, 4.69) is 57.3 Å². The highest BCUT2D eigenvalue weighted by Crippen LogP contribution is 2.56. The SMILES string of the molecule is CC1(C)OB(c2ccc([C@@]34CNC[C@@H]3C4)cc2)OC1(C)C. The van der Waals surface area contributed by atoms with Gasteiger partial charge in [-0.1, -0.05) is 24.3 Å². The number of nitrogens with one attached hydrogen (secondary N) is 1. The molecule has 4 rings (SSSR count). The molecule has 3 fully saturated rings. The molecule has 0 radical (unpaired) electrons. The third-order valence-electron chi connectivity index (χ3n) is 6.07. The van der Waals surface area contributed by atoms with Crippen LogP contribution in [0.25, 0.3) is 0 Å². The summed E-state index contributed by atoms with van der Waals surface area (Å²) in [6.07, 6.45) is 1.34. The van der Waals surface area contributed by atoms with Crippen LogP contribution in [0.1, 0.15) is 39.7 Å². The molecule has 0 spiro atoms. The lowest BCUT2D eigenvalue weighted by Gasteiger charge is -2.32. The van der Waals surface area contributed by atoms with Crippen molar-refractivity contribution in [2.24, 2.45) is 5.92 Å². The zero-order valence-electron chi connectivity index (χ0n) is 13.4.